The average molecular weight is 294 g/mol. The summed E-state index contributed by atoms with van der Waals surface area (Å²) in [6, 6.07) is 4.78. The van der Waals surface area contributed by atoms with Gasteiger partial charge in [0, 0.05) is 18.6 Å². The number of nitrogens with zero attached hydrogens (tertiary/aromatic N) is 1. The van der Waals surface area contributed by atoms with Gasteiger partial charge in [0.1, 0.15) is 0 Å². The van der Waals surface area contributed by atoms with Crippen LogP contribution in [0.25, 0.3) is 0 Å². The van der Waals surface area contributed by atoms with E-state index in [1.807, 2.05) is 0 Å². The zero-order chi connectivity index (χ0) is 14.8. The van der Waals surface area contributed by atoms with Crippen LogP contribution < -0.4 is 5.73 Å². The molecule has 2 N–H and O–H groups in total. The average Bonchev–Trinajstić information content (AvgIpc) is 3.14. The molecule has 2 unspecified atom stereocenters. The number of hydrogen-bond donors (Lipinski definition) is 1. The summed E-state index contributed by atoms with van der Waals surface area (Å²) in [4.78, 5) is 2.45. The molecular weight excluding hydrogens is 270 g/mol. The van der Waals surface area contributed by atoms with E-state index in [-0.39, 0.29) is 6.04 Å². The van der Waals surface area contributed by atoms with Gasteiger partial charge >= 0.3 is 0 Å². The summed E-state index contributed by atoms with van der Waals surface area (Å²) in [5.41, 5.74) is 6.78. The van der Waals surface area contributed by atoms with Crippen molar-refractivity contribution in [2.75, 3.05) is 13.1 Å². The SMILES string of the molecule is NCC(c1ccc(F)c(F)c1)N1CCCC1C1CCCC1. The van der Waals surface area contributed by atoms with Gasteiger partial charge in [-0.2, -0.15) is 0 Å². The molecule has 1 aromatic rings. The first-order valence-electron chi connectivity index (χ1n) is 8.11. The van der Waals surface area contributed by atoms with Gasteiger partial charge in [-0.15, -0.1) is 0 Å². The van der Waals surface area contributed by atoms with E-state index in [4.69, 9.17) is 5.73 Å². The molecule has 1 aliphatic carbocycles. The van der Waals surface area contributed by atoms with Gasteiger partial charge in [0.05, 0.1) is 0 Å². The second kappa shape index (κ2) is 6.41. The van der Waals surface area contributed by atoms with E-state index >= 15 is 0 Å². The maximum absolute atomic E-state index is 13.5. The van der Waals surface area contributed by atoms with E-state index in [9.17, 15) is 8.78 Å². The predicted octanol–water partition coefficient (Wildman–Crippen LogP) is 3.62. The number of nitrogens with two attached hydrogens (primary N) is 1. The number of likely N-dealkylation sites (tertiary alicyclic amines) is 1. The molecule has 0 radical (unpaired) electrons. The van der Waals surface area contributed by atoms with Crippen LogP contribution >= 0.6 is 0 Å². The van der Waals surface area contributed by atoms with Crippen molar-refractivity contribution in [3.63, 3.8) is 0 Å². The third-order valence-corrected chi connectivity index (χ3v) is 5.24. The van der Waals surface area contributed by atoms with Crippen molar-refractivity contribution in [1.82, 2.24) is 4.90 Å². The lowest BCUT2D eigenvalue weighted by Gasteiger charge is -2.36. The number of rotatable bonds is 4. The zero-order valence-corrected chi connectivity index (χ0v) is 12.4. The number of benzene rings is 1. The Morgan fingerprint density at radius 3 is 2.52 bits per heavy atom. The van der Waals surface area contributed by atoms with Crippen molar-refractivity contribution in [3.05, 3.63) is 35.4 Å². The highest BCUT2D eigenvalue weighted by Crippen LogP contribution is 2.39. The molecule has 0 amide bonds. The molecule has 0 aromatic heterocycles. The van der Waals surface area contributed by atoms with Crippen molar-refractivity contribution in [3.8, 4) is 0 Å². The van der Waals surface area contributed by atoms with Gasteiger partial charge in [-0.3, -0.25) is 4.90 Å². The standard InChI is InChI=1S/C17H24F2N2/c18-14-8-7-13(10-15(14)19)17(11-20)21-9-3-6-16(21)12-4-1-2-5-12/h7-8,10,12,16-17H,1-6,9,11,20H2. The van der Waals surface area contributed by atoms with Gasteiger partial charge in [-0.25, -0.2) is 8.78 Å². The molecule has 1 saturated heterocycles. The second-order valence-electron chi connectivity index (χ2n) is 6.42. The summed E-state index contributed by atoms with van der Waals surface area (Å²) in [5.74, 6) is -0.808. The molecule has 2 atom stereocenters. The summed E-state index contributed by atoms with van der Waals surface area (Å²) < 4.78 is 26.7. The topological polar surface area (TPSA) is 29.3 Å². The van der Waals surface area contributed by atoms with Gasteiger partial charge < -0.3 is 5.73 Å². The Morgan fingerprint density at radius 1 is 1.10 bits per heavy atom. The van der Waals surface area contributed by atoms with Crippen LogP contribution in [0.4, 0.5) is 8.78 Å². The van der Waals surface area contributed by atoms with Crippen LogP contribution in [0.1, 0.15) is 50.1 Å². The van der Waals surface area contributed by atoms with E-state index in [0.717, 1.165) is 18.0 Å². The van der Waals surface area contributed by atoms with E-state index in [1.165, 1.54) is 50.7 Å². The third-order valence-electron chi connectivity index (χ3n) is 5.24. The zero-order valence-electron chi connectivity index (χ0n) is 12.4. The maximum atomic E-state index is 13.5. The normalized spacial score (nSPS) is 25.6. The molecule has 21 heavy (non-hydrogen) atoms. The van der Waals surface area contributed by atoms with E-state index in [1.54, 1.807) is 6.07 Å². The minimum Gasteiger partial charge on any atom is -0.329 e. The minimum atomic E-state index is -0.789. The first-order chi connectivity index (χ1) is 10.2. The van der Waals surface area contributed by atoms with Crippen LogP contribution in [-0.4, -0.2) is 24.0 Å². The lowest BCUT2D eigenvalue weighted by atomic mass is 9.94. The first-order valence-corrected chi connectivity index (χ1v) is 8.11. The van der Waals surface area contributed by atoms with Crippen LogP contribution in [0.5, 0.6) is 0 Å². The molecule has 2 nitrogen and oxygen atoms in total. The summed E-state index contributed by atoms with van der Waals surface area (Å²) in [6.45, 7) is 1.47. The highest BCUT2D eigenvalue weighted by molar-refractivity contribution is 5.22. The molecule has 3 rings (SSSR count). The van der Waals surface area contributed by atoms with Crippen LogP contribution in [0.2, 0.25) is 0 Å². The Labute approximate surface area is 125 Å². The second-order valence-corrected chi connectivity index (χ2v) is 6.42. The van der Waals surface area contributed by atoms with E-state index in [0.29, 0.717) is 12.6 Å². The van der Waals surface area contributed by atoms with Gasteiger partial charge in [-0.05, 0) is 55.8 Å². The van der Waals surface area contributed by atoms with Crippen LogP contribution in [0, 0.1) is 17.6 Å². The molecule has 2 aliphatic rings. The summed E-state index contributed by atoms with van der Waals surface area (Å²) >= 11 is 0. The molecule has 0 spiro atoms. The highest BCUT2D eigenvalue weighted by atomic mass is 19.2. The van der Waals surface area contributed by atoms with Crippen LogP contribution in [0.15, 0.2) is 18.2 Å². The quantitative estimate of drug-likeness (QED) is 0.919. The molecule has 0 bridgehead atoms. The lowest BCUT2D eigenvalue weighted by Crippen LogP contribution is -2.40. The highest BCUT2D eigenvalue weighted by Gasteiger charge is 2.37. The van der Waals surface area contributed by atoms with Crippen molar-refractivity contribution >= 4 is 0 Å². The molecular formula is C17H24F2N2. The monoisotopic (exact) mass is 294 g/mol. The van der Waals surface area contributed by atoms with Crippen LogP contribution in [0.3, 0.4) is 0 Å². The summed E-state index contributed by atoms with van der Waals surface area (Å²) in [5, 5.41) is 0. The first kappa shape index (κ1) is 14.9. The van der Waals surface area contributed by atoms with Gasteiger partial charge in [0.25, 0.3) is 0 Å². The molecule has 4 heteroatoms. The van der Waals surface area contributed by atoms with E-state index < -0.39 is 11.6 Å². The Kier molecular flexibility index (Phi) is 4.55. The Bertz CT molecular complexity index is 486. The van der Waals surface area contributed by atoms with Gasteiger partial charge in [0.15, 0.2) is 11.6 Å². The Morgan fingerprint density at radius 2 is 1.86 bits per heavy atom. The fraction of sp³-hybridized carbons (Fsp3) is 0.647. The van der Waals surface area contributed by atoms with E-state index in [2.05, 4.69) is 4.90 Å². The van der Waals surface area contributed by atoms with Crippen molar-refractivity contribution in [2.24, 2.45) is 11.7 Å². The summed E-state index contributed by atoms with van der Waals surface area (Å²) in [6.07, 6.45) is 7.65. The molecule has 1 heterocycles. The van der Waals surface area contributed by atoms with Gasteiger partial charge in [-0.1, -0.05) is 18.9 Å². The van der Waals surface area contributed by atoms with Crippen molar-refractivity contribution < 1.29 is 8.78 Å². The smallest absolute Gasteiger partial charge is 0.159 e. The third kappa shape index (κ3) is 2.97. The predicted molar refractivity (Wildman–Crippen MR) is 79.8 cm³/mol. The molecule has 2 fully saturated rings. The van der Waals surface area contributed by atoms with Crippen LogP contribution in [-0.2, 0) is 0 Å². The molecule has 1 aliphatic heterocycles. The fourth-order valence-electron chi connectivity index (χ4n) is 4.23. The fourth-order valence-corrected chi connectivity index (χ4v) is 4.23. The Hall–Kier alpha value is -1.00. The van der Waals surface area contributed by atoms with Crippen molar-refractivity contribution in [2.45, 2.75) is 50.6 Å². The molecule has 1 saturated carbocycles. The molecule has 1 aromatic carbocycles. The maximum Gasteiger partial charge on any atom is 0.159 e. The number of halogens is 2. The van der Waals surface area contributed by atoms with Crippen molar-refractivity contribution in [1.29, 1.82) is 0 Å². The summed E-state index contributed by atoms with van der Waals surface area (Å²) in [7, 11) is 0. The number of hydrogen-bond acceptors (Lipinski definition) is 2. The van der Waals surface area contributed by atoms with Gasteiger partial charge in [0.2, 0.25) is 0 Å². The minimum absolute atomic E-state index is 0.00759. The largest absolute Gasteiger partial charge is 0.329 e. The molecule has 116 valence electrons. The lowest BCUT2D eigenvalue weighted by molar-refractivity contribution is 0.138. The Balaban J connectivity index is 1.82.